The Labute approximate surface area is 182 Å². The highest BCUT2D eigenvalue weighted by molar-refractivity contribution is 7.98. The minimum absolute atomic E-state index is 0.666. The number of para-hydroxylation sites is 2. The van der Waals surface area contributed by atoms with E-state index < -0.39 is 0 Å². The van der Waals surface area contributed by atoms with Gasteiger partial charge in [0.1, 0.15) is 11.5 Å². The van der Waals surface area contributed by atoms with Crippen LogP contribution in [-0.2, 0) is 23.0 Å². The van der Waals surface area contributed by atoms with E-state index in [-0.39, 0.29) is 0 Å². The monoisotopic (exact) mass is 422 g/mol. The summed E-state index contributed by atoms with van der Waals surface area (Å²) in [7, 11) is 0. The first-order valence-corrected chi connectivity index (χ1v) is 12.3. The van der Waals surface area contributed by atoms with Gasteiger partial charge < -0.3 is 9.47 Å². The lowest BCUT2D eigenvalue weighted by atomic mass is 10.2. The highest BCUT2D eigenvalue weighted by atomic mass is 32.2. The van der Waals surface area contributed by atoms with Crippen molar-refractivity contribution in [3.05, 3.63) is 95.1 Å². The Hall–Kier alpha value is -2.04. The maximum atomic E-state index is 6.07. The second-order valence-electron chi connectivity index (χ2n) is 7.07. The largest absolute Gasteiger partial charge is 0.493 e. The van der Waals surface area contributed by atoms with Gasteiger partial charge in [0, 0.05) is 40.6 Å². The summed E-state index contributed by atoms with van der Waals surface area (Å²) in [6.07, 6.45) is 0.868. The van der Waals surface area contributed by atoms with Crippen LogP contribution in [0.25, 0.3) is 0 Å². The fourth-order valence-electron chi connectivity index (χ4n) is 3.24. The molecule has 0 aromatic heterocycles. The van der Waals surface area contributed by atoms with E-state index in [1.54, 1.807) is 0 Å². The van der Waals surface area contributed by atoms with Crippen molar-refractivity contribution < 1.29 is 9.47 Å². The lowest BCUT2D eigenvalue weighted by molar-refractivity contribution is 0.245. The first kappa shape index (κ1) is 20.2. The third-order valence-electron chi connectivity index (χ3n) is 4.82. The van der Waals surface area contributed by atoms with Crippen molar-refractivity contribution in [1.29, 1.82) is 0 Å². The molecule has 2 bridgehead atoms. The molecule has 0 N–H and O–H groups in total. The van der Waals surface area contributed by atoms with Crippen LogP contribution >= 0.6 is 23.5 Å². The molecule has 2 nitrogen and oxygen atoms in total. The second kappa shape index (κ2) is 10.7. The van der Waals surface area contributed by atoms with Gasteiger partial charge in [-0.05, 0) is 23.3 Å². The quantitative estimate of drug-likeness (QED) is 0.400. The first-order chi connectivity index (χ1) is 14.4. The summed E-state index contributed by atoms with van der Waals surface area (Å²) in [4.78, 5) is 0. The summed E-state index contributed by atoms with van der Waals surface area (Å²) in [5.74, 6) is 5.93. The molecule has 0 saturated carbocycles. The van der Waals surface area contributed by atoms with E-state index in [1.165, 1.54) is 22.3 Å². The average molecular weight is 423 g/mol. The zero-order chi connectivity index (χ0) is 19.7. The van der Waals surface area contributed by atoms with Gasteiger partial charge in [0.2, 0.25) is 0 Å². The molecule has 0 saturated heterocycles. The van der Waals surface area contributed by atoms with Gasteiger partial charge in [-0.25, -0.2) is 0 Å². The van der Waals surface area contributed by atoms with Crippen LogP contribution < -0.4 is 9.47 Å². The molecule has 0 fully saturated rings. The molecular formula is C25H26O2S2. The number of thioether (sulfide) groups is 2. The molecule has 0 amide bonds. The number of hydrogen-bond donors (Lipinski definition) is 0. The van der Waals surface area contributed by atoms with Crippen molar-refractivity contribution in [1.82, 2.24) is 0 Å². The van der Waals surface area contributed by atoms with Crippen LogP contribution in [0.1, 0.15) is 28.7 Å². The molecule has 0 unspecified atom stereocenters. The topological polar surface area (TPSA) is 18.5 Å². The molecule has 29 heavy (non-hydrogen) atoms. The van der Waals surface area contributed by atoms with Crippen molar-refractivity contribution in [2.45, 2.75) is 29.4 Å². The van der Waals surface area contributed by atoms with E-state index in [0.29, 0.717) is 13.2 Å². The number of rotatable bonds is 0. The molecule has 2 heterocycles. The van der Waals surface area contributed by atoms with E-state index in [9.17, 15) is 0 Å². The van der Waals surface area contributed by atoms with Crippen LogP contribution in [0, 0.1) is 0 Å². The van der Waals surface area contributed by atoms with E-state index in [0.717, 1.165) is 40.9 Å². The van der Waals surface area contributed by atoms with Gasteiger partial charge in [0.15, 0.2) is 0 Å². The molecule has 0 radical (unpaired) electrons. The minimum atomic E-state index is 0.666. The van der Waals surface area contributed by atoms with Crippen molar-refractivity contribution in [2.24, 2.45) is 0 Å². The van der Waals surface area contributed by atoms with Crippen molar-refractivity contribution in [2.75, 3.05) is 13.2 Å². The normalized spacial score (nSPS) is 15.6. The summed E-state index contributed by atoms with van der Waals surface area (Å²) in [6.45, 7) is 1.33. The van der Waals surface area contributed by atoms with Crippen LogP contribution in [0.3, 0.4) is 0 Å². The van der Waals surface area contributed by atoms with Gasteiger partial charge in [-0.3, -0.25) is 0 Å². The molecule has 5 rings (SSSR count). The SMILES string of the molecule is c1ccc2c(c1)CSCc1ccc(cc1)CSCc1ccccc1OCCCO2. The van der Waals surface area contributed by atoms with Gasteiger partial charge in [-0.1, -0.05) is 60.7 Å². The van der Waals surface area contributed by atoms with Crippen molar-refractivity contribution in [3.63, 3.8) is 0 Å². The third kappa shape index (κ3) is 5.97. The number of hydrogen-bond acceptors (Lipinski definition) is 4. The molecule has 4 heteroatoms. The van der Waals surface area contributed by atoms with Crippen LogP contribution in [0.5, 0.6) is 11.5 Å². The first-order valence-electron chi connectivity index (χ1n) is 10.0. The Balaban J connectivity index is 1.49. The summed E-state index contributed by atoms with van der Waals surface area (Å²) in [5.41, 5.74) is 5.27. The molecule has 2 aliphatic heterocycles. The number of benzene rings is 3. The van der Waals surface area contributed by atoms with E-state index in [1.807, 2.05) is 35.7 Å². The molecular weight excluding hydrogens is 396 g/mol. The molecule has 0 spiro atoms. The van der Waals surface area contributed by atoms with Gasteiger partial charge in [-0.15, -0.1) is 0 Å². The van der Waals surface area contributed by atoms with Gasteiger partial charge >= 0.3 is 0 Å². The van der Waals surface area contributed by atoms with Crippen LogP contribution in [-0.4, -0.2) is 13.2 Å². The predicted molar refractivity (Wildman–Crippen MR) is 125 cm³/mol. The van der Waals surface area contributed by atoms with E-state index in [2.05, 4.69) is 60.7 Å². The van der Waals surface area contributed by atoms with E-state index >= 15 is 0 Å². The summed E-state index contributed by atoms with van der Waals surface area (Å²) >= 11 is 3.87. The number of ether oxygens (including phenoxy) is 2. The zero-order valence-electron chi connectivity index (χ0n) is 16.5. The molecule has 2 aliphatic rings. The predicted octanol–water partition coefficient (Wildman–Crippen LogP) is 6.71. The van der Waals surface area contributed by atoms with Gasteiger partial charge in [0.05, 0.1) is 13.2 Å². The average Bonchev–Trinajstić information content (AvgIpc) is 2.76. The summed E-state index contributed by atoms with van der Waals surface area (Å²) in [6, 6.07) is 25.8. The van der Waals surface area contributed by atoms with Crippen LogP contribution in [0.2, 0.25) is 0 Å². The lowest BCUT2D eigenvalue weighted by Crippen LogP contribution is -2.07. The zero-order valence-corrected chi connectivity index (χ0v) is 18.1. The maximum Gasteiger partial charge on any atom is 0.123 e. The molecule has 150 valence electrons. The van der Waals surface area contributed by atoms with Crippen LogP contribution in [0.4, 0.5) is 0 Å². The van der Waals surface area contributed by atoms with E-state index in [4.69, 9.17) is 9.47 Å². The second-order valence-corrected chi connectivity index (χ2v) is 9.04. The maximum absolute atomic E-state index is 6.07. The van der Waals surface area contributed by atoms with Crippen LogP contribution in [0.15, 0.2) is 72.8 Å². The van der Waals surface area contributed by atoms with Crippen molar-refractivity contribution in [3.8, 4) is 11.5 Å². The van der Waals surface area contributed by atoms with Gasteiger partial charge in [0.25, 0.3) is 0 Å². The summed E-state index contributed by atoms with van der Waals surface area (Å²) in [5, 5.41) is 0. The third-order valence-corrected chi connectivity index (χ3v) is 6.93. The fourth-order valence-corrected chi connectivity index (χ4v) is 5.22. The highest BCUT2D eigenvalue weighted by Crippen LogP contribution is 2.28. The fraction of sp³-hybridized carbons (Fsp3) is 0.280. The smallest absolute Gasteiger partial charge is 0.123 e. The molecule has 0 aliphatic carbocycles. The Morgan fingerprint density at radius 3 is 1.45 bits per heavy atom. The van der Waals surface area contributed by atoms with Crippen molar-refractivity contribution >= 4 is 23.5 Å². The highest BCUT2D eigenvalue weighted by Gasteiger charge is 2.07. The summed E-state index contributed by atoms with van der Waals surface area (Å²) < 4.78 is 12.1. The van der Waals surface area contributed by atoms with Gasteiger partial charge in [-0.2, -0.15) is 23.5 Å². The lowest BCUT2D eigenvalue weighted by Gasteiger charge is -2.13. The standard InChI is InChI=1S/C25H26O2S2/c1-3-8-24-22(6-1)18-28-16-20-10-12-21(13-11-20)17-29-19-23-7-2-4-9-25(23)27-15-5-14-26-24/h1-4,6-13H,5,14-19H2. The Kier molecular flexibility index (Phi) is 7.44. The molecule has 0 atom stereocenters. The Bertz CT molecular complexity index is 834. The Morgan fingerprint density at radius 2 is 0.966 bits per heavy atom. The Morgan fingerprint density at radius 1 is 0.517 bits per heavy atom. The molecule has 3 aromatic rings. The number of fused-ring (bicyclic) bond motifs is 10. The molecule has 3 aromatic carbocycles. The minimum Gasteiger partial charge on any atom is -0.493 e.